The molecule has 0 saturated heterocycles. The van der Waals surface area contributed by atoms with E-state index >= 15 is 0 Å². The summed E-state index contributed by atoms with van der Waals surface area (Å²) in [6.45, 7) is 0. The summed E-state index contributed by atoms with van der Waals surface area (Å²) in [5.74, 6) is 0.238. The van der Waals surface area contributed by atoms with Crippen LogP contribution in [0.4, 0.5) is 8.78 Å². The summed E-state index contributed by atoms with van der Waals surface area (Å²) in [6.07, 6.45) is -0.325. The number of hydrogen-bond donors (Lipinski definition) is 2. The first-order chi connectivity index (χ1) is 16.7. The van der Waals surface area contributed by atoms with Gasteiger partial charge in [0.2, 0.25) is 0 Å². The minimum absolute atomic E-state index is 0.0147. The minimum atomic E-state index is -3.20. The Bertz CT molecular complexity index is 1380. The summed E-state index contributed by atoms with van der Waals surface area (Å²) in [6, 6.07) is 7.09. The maximum atomic E-state index is 13.0. The van der Waals surface area contributed by atoms with Crippen LogP contribution in [0.25, 0.3) is 5.69 Å². The number of rotatable bonds is 7. The smallest absolute Gasteiger partial charge is 0.349 e. The molecule has 1 saturated carbocycles. The molecule has 1 heterocycles. The first-order valence-corrected chi connectivity index (χ1v) is 11.1. The van der Waals surface area contributed by atoms with E-state index < -0.39 is 23.4 Å². The van der Waals surface area contributed by atoms with E-state index in [1.54, 1.807) is 17.1 Å². The molecule has 9 nitrogen and oxygen atoms in total. The van der Waals surface area contributed by atoms with Gasteiger partial charge in [-0.15, -0.1) is 0 Å². The van der Waals surface area contributed by atoms with Crippen LogP contribution in [0.3, 0.4) is 0 Å². The number of alkyl halides is 2. The number of H-pyrrole nitrogens is 1. The Morgan fingerprint density at radius 1 is 1.20 bits per heavy atom. The molecule has 4 rings (SSSR count). The van der Waals surface area contributed by atoms with Gasteiger partial charge in [0.1, 0.15) is 11.5 Å². The molecule has 1 fully saturated rings. The van der Waals surface area contributed by atoms with E-state index in [4.69, 9.17) is 32.7 Å². The van der Waals surface area contributed by atoms with Gasteiger partial charge in [-0.3, -0.25) is 14.6 Å². The van der Waals surface area contributed by atoms with Gasteiger partial charge in [0.15, 0.2) is 11.4 Å². The lowest BCUT2D eigenvalue weighted by Gasteiger charge is -2.26. The number of methoxy groups -OCH3 is 1. The molecule has 0 radical (unpaired) electrons. The lowest BCUT2D eigenvalue weighted by atomic mass is 9.93. The lowest BCUT2D eigenvalue weighted by molar-refractivity contribution is 0.0913. The molecule has 1 aromatic heterocycles. The van der Waals surface area contributed by atoms with Gasteiger partial charge in [-0.25, -0.2) is 13.6 Å². The number of halogens is 4. The van der Waals surface area contributed by atoms with Gasteiger partial charge < -0.3 is 14.8 Å². The largest absolute Gasteiger partial charge is 0.496 e. The van der Waals surface area contributed by atoms with E-state index in [1.807, 2.05) is 0 Å². The van der Waals surface area contributed by atoms with Crippen molar-refractivity contribution in [2.75, 3.05) is 7.11 Å². The molecule has 1 aliphatic rings. The predicted octanol–water partition coefficient (Wildman–Crippen LogP) is 4.25. The number of nitrogens with zero attached hydrogens (tertiary/aromatic N) is 2. The molecule has 1 aliphatic carbocycles. The van der Waals surface area contributed by atoms with Crippen molar-refractivity contribution in [2.45, 2.75) is 31.7 Å². The molecular weight excluding hydrogens is 509 g/mol. The molecule has 2 N–H and O–H groups in total. The third-order valence-electron chi connectivity index (χ3n) is 5.36. The Kier molecular flexibility index (Phi) is 7.08. The average molecular weight is 527 g/mol. The zero-order valence-corrected chi connectivity index (χ0v) is 19.6. The van der Waals surface area contributed by atoms with Gasteiger partial charge in [0, 0.05) is 6.04 Å². The number of aromatic amines is 1. The maximum absolute atomic E-state index is 13.0. The van der Waals surface area contributed by atoms with Crippen LogP contribution in [0.5, 0.6) is 17.2 Å². The number of carbonyl (C=O) groups is 1. The van der Waals surface area contributed by atoms with Gasteiger partial charge in [-0.05, 0) is 49.6 Å². The van der Waals surface area contributed by atoms with Crippen LogP contribution >= 0.6 is 23.2 Å². The van der Waals surface area contributed by atoms with E-state index in [0.717, 1.165) is 19.3 Å². The number of amides is 1. The third kappa shape index (κ3) is 5.15. The van der Waals surface area contributed by atoms with E-state index in [2.05, 4.69) is 10.4 Å². The molecular formula is C22H18Cl2F2N4O5. The Labute approximate surface area is 206 Å². The van der Waals surface area contributed by atoms with E-state index in [0.29, 0.717) is 10.4 Å². The minimum Gasteiger partial charge on any atom is -0.496 e. The molecule has 0 aliphatic heterocycles. The zero-order chi connectivity index (χ0) is 25.3. The highest BCUT2D eigenvalue weighted by Gasteiger charge is 2.23. The Morgan fingerprint density at radius 2 is 1.89 bits per heavy atom. The summed E-state index contributed by atoms with van der Waals surface area (Å²) < 4.78 is 37.7. The van der Waals surface area contributed by atoms with Crippen LogP contribution < -0.4 is 26.0 Å². The maximum Gasteiger partial charge on any atom is 0.349 e. The molecule has 2 aromatic carbocycles. The average Bonchev–Trinajstić information content (AvgIpc) is 2.78. The second-order valence-corrected chi connectivity index (χ2v) is 8.48. The summed E-state index contributed by atoms with van der Waals surface area (Å²) in [5, 5.41) is 6.18. The Balaban J connectivity index is 1.66. The summed E-state index contributed by atoms with van der Waals surface area (Å²) in [7, 11) is 1.44. The number of nitrogens with one attached hydrogen (secondary N) is 2. The SMILES string of the molecule is COc1ccc(Oc2c(Cl)cc(-n3nc(C(F)F)c(=O)[nH]c3=O)cc2Cl)cc1C(=O)NC1CCC1. The molecule has 0 bridgehead atoms. The fourth-order valence-corrected chi connectivity index (χ4v) is 3.91. The van der Waals surface area contributed by atoms with Crippen molar-refractivity contribution >= 4 is 29.1 Å². The molecule has 35 heavy (non-hydrogen) atoms. The van der Waals surface area contributed by atoms with Crippen LogP contribution in [-0.2, 0) is 0 Å². The Morgan fingerprint density at radius 3 is 2.46 bits per heavy atom. The number of hydrogen-bond acceptors (Lipinski definition) is 6. The summed E-state index contributed by atoms with van der Waals surface area (Å²) in [5.41, 5.74) is -3.31. The summed E-state index contributed by atoms with van der Waals surface area (Å²) in [4.78, 5) is 38.1. The fraction of sp³-hybridized carbons (Fsp3) is 0.273. The normalized spacial score (nSPS) is 13.4. The van der Waals surface area contributed by atoms with Crippen LogP contribution in [0.15, 0.2) is 39.9 Å². The molecule has 3 aromatic rings. The third-order valence-corrected chi connectivity index (χ3v) is 5.92. The number of ether oxygens (including phenoxy) is 2. The van der Waals surface area contributed by atoms with Crippen molar-refractivity contribution in [3.05, 3.63) is 72.5 Å². The van der Waals surface area contributed by atoms with Crippen molar-refractivity contribution in [1.29, 1.82) is 0 Å². The number of benzene rings is 2. The monoisotopic (exact) mass is 526 g/mol. The first-order valence-electron chi connectivity index (χ1n) is 10.4. The van der Waals surface area contributed by atoms with Gasteiger partial charge in [-0.2, -0.15) is 9.78 Å². The molecule has 0 unspecified atom stereocenters. The highest BCUT2D eigenvalue weighted by Crippen LogP contribution is 2.39. The number of aromatic nitrogens is 3. The lowest BCUT2D eigenvalue weighted by Crippen LogP contribution is -2.39. The van der Waals surface area contributed by atoms with Gasteiger partial charge in [0.05, 0.1) is 28.4 Å². The van der Waals surface area contributed by atoms with Crippen molar-refractivity contribution in [3.8, 4) is 22.9 Å². The van der Waals surface area contributed by atoms with Crippen LogP contribution in [0.2, 0.25) is 10.0 Å². The zero-order valence-electron chi connectivity index (χ0n) is 18.1. The quantitative estimate of drug-likeness (QED) is 0.475. The molecule has 0 spiro atoms. The van der Waals surface area contributed by atoms with E-state index in [9.17, 15) is 23.2 Å². The second-order valence-electron chi connectivity index (χ2n) is 7.66. The topological polar surface area (TPSA) is 115 Å². The number of carbonyl (C=O) groups excluding carboxylic acids is 1. The van der Waals surface area contributed by atoms with E-state index in [-0.39, 0.29) is 44.7 Å². The van der Waals surface area contributed by atoms with Crippen molar-refractivity contribution < 1.29 is 23.0 Å². The molecule has 1 amide bonds. The van der Waals surface area contributed by atoms with Gasteiger partial charge in [0.25, 0.3) is 17.9 Å². The fourth-order valence-electron chi connectivity index (χ4n) is 3.36. The molecule has 184 valence electrons. The van der Waals surface area contributed by atoms with E-state index in [1.165, 1.54) is 25.3 Å². The molecule has 13 heteroatoms. The van der Waals surface area contributed by atoms with Crippen LogP contribution in [0, 0.1) is 0 Å². The van der Waals surface area contributed by atoms with Crippen LogP contribution in [0.1, 0.15) is 41.7 Å². The van der Waals surface area contributed by atoms with Crippen molar-refractivity contribution in [2.24, 2.45) is 0 Å². The predicted molar refractivity (Wildman–Crippen MR) is 124 cm³/mol. The first kappa shape index (κ1) is 24.7. The van der Waals surface area contributed by atoms with Gasteiger partial charge in [-0.1, -0.05) is 23.2 Å². The van der Waals surface area contributed by atoms with Crippen molar-refractivity contribution in [3.63, 3.8) is 0 Å². The second kappa shape index (κ2) is 10.0. The highest BCUT2D eigenvalue weighted by molar-refractivity contribution is 6.37. The summed E-state index contributed by atoms with van der Waals surface area (Å²) >= 11 is 12.6. The Hall–Kier alpha value is -3.44. The molecule has 0 atom stereocenters. The van der Waals surface area contributed by atoms with Gasteiger partial charge >= 0.3 is 5.69 Å². The highest BCUT2D eigenvalue weighted by atomic mass is 35.5. The van der Waals surface area contributed by atoms with Crippen molar-refractivity contribution in [1.82, 2.24) is 20.1 Å². The standard InChI is InChI=1S/C22H18Cl2F2N4O5/c1-34-16-6-5-12(9-13(16)20(31)27-10-3-2-4-10)35-18-14(23)7-11(8-15(18)24)30-22(33)28-21(32)17(29-30)19(25)26/h5-10,19H,2-4H2,1H3,(H,27,31)(H,28,32,33). The van der Waals surface area contributed by atoms with Crippen LogP contribution in [-0.4, -0.2) is 33.8 Å².